The number of anilines is 2. The molecule has 47 heavy (non-hydrogen) atoms. The largest absolute Gasteiger partial charge is 0.493 e. The lowest BCUT2D eigenvalue weighted by atomic mass is 10.0. The maximum absolute atomic E-state index is 12.2. The SMILES string of the molecule is CCC(=O)N(CC)c1ccc2c(c1)[C@@H]1[C@H](CO2)[C@H]1c1cn(C)cn1.CCC(=O)N(CC)c1ccc2c(c1)[C@@H]1[C@H](CO2)[C@H]1c1cnc[nH]1. The molecule has 2 aromatic carbocycles. The predicted molar refractivity (Wildman–Crippen MR) is 180 cm³/mol. The van der Waals surface area contributed by atoms with E-state index >= 15 is 0 Å². The first kappa shape index (κ1) is 31.0. The van der Waals surface area contributed by atoms with Gasteiger partial charge in [0.15, 0.2) is 0 Å². The number of imidazole rings is 2. The smallest absolute Gasteiger partial charge is 0.226 e. The number of ether oxygens (including phenoxy) is 2. The van der Waals surface area contributed by atoms with Crippen LogP contribution in [0.2, 0.25) is 0 Å². The van der Waals surface area contributed by atoms with Crippen LogP contribution in [-0.2, 0) is 16.6 Å². The van der Waals surface area contributed by atoms with E-state index in [0.29, 0.717) is 61.4 Å². The van der Waals surface area contributed by atoms with Crippen molar-refractivity contribution in [2.45, 2.75) is 64.2 Å². The summed E-state index contributed by atoms with van der Waals surface area (Å²) < 4.78 is 13.9. The zero-order valence-corrected chi connectivity index (χ0v) is 27.8. The van der Waals surface area contributed by atoms with E-state index in [-0.39, 0.29) is 11.8 Å². The average Bonchev–Trinajstić information content (AvgIpc) is 3.87. The highest BCUT2D eigenvalue weighted by Gasteiger charge is 2.57. The average molecular weight is 637 g/mol. The molecule has 0 spiro atoms. The van der Waals surface area contributed by atoms with Crippen molar-refractivity contribution in [2.24, 2.45) is 18.9 Å². The molecule has 246 valence electrons. The van der Waals surface area contributed by atoms with Crippen molar-refractivity contribution in [3.8, 4) is 11.5 Å². The van der Waals surface area contributed by atoms with E-state index in [0.717, 1.165) is 41.8 Å². The number of carbonyl (C=O) groups excluding carboxylic acids is 2. The second-order valence-electron chi connectivity index (χ2n) is 13.0. The number of nitrogens with zero attached hydrogens (tertiary/aromatic N) is 5. The van der Waals surface area contributed by atoms with Crippen LogP contribution in [0.4, 0.5) is 11.4 Å². The van der Waals surface area contributed by atoms with Crippen molar-refractivity contribution in [3.63, 3.8) is 0 Å². The number of nitrogens with one attached hydrogen (secondary N) is 1. The van der Waals surface area contributed by atoms with Gasteiger partial charge in [-0.25, -0.2) is 9.97 Å². The molecule has 2 saturated carbocycles. The summed E-state index contributed by atoms with van der Waals surface area (Å²) in [5.41, 5.74) is 6.71. The molecule has 10 heteroatoms. The Hall–Kier alpha value is -4.60. The second-order valence-corrected chi connectivity index (χ2v) is 13.0. The zero-order valence-electron chi connectivity index (χ0n) is 27.8. The summed E-state index contributed by atoms with van der Waals surface area (Å²) in [6.07, 6.45) is 8.64. The summed E-state index contributed by atoms with van der Waals surface area (Å²) in [4.78, 5) is 39.9. The normalized spacial score (nSPS) is 24.1. The van der Waals surface area contributed by atoms with E-state index < -0.39 is 0 Å². The van der Waals surface area contributed by atoms with Crippen molar-refractivity contribution in [2.75, 3.05) is 36.1 Å². The third-order valence-electron chi connectivity index (χ3n) is 10.3. The molecular formula is C37H44N6O4. The van der Waals surface area contributed by atoms with Gasteiger partial charge < -0.3 is 28.8 Å². The number of fused-ring (bicyclic) bond motifs is 6. The fourth-order valence-electron chi connectivity index (χ4n) is 7.84. The predicted octanol–water partition coefficient (Wildman–Crippen LogP) is 6.13. The van der Waals surface area contributed by atoms with E-state index in [4.69, 9.17) is 9.47 Å². The van der Waals surface area contributed by atoms with Gasteiger partial charge in [-0.15, -0.1) is 0 Å². The Morgan fingerprint density at radius 2 is 1.38 bits per heavy atom. The van der Waals surface area contributed by atoms with Crippen LogP contribution in [0.3, 0.4) is 0 Å². The fraction of sp³-hybridized carbons (Fsp3) is 0.459. The van der Waals surface area contributed by atoms with Crippen LogP contribution in [0.15, 0.2) is 61.4 Å². The van der Waals surface area contributed by atoms with Gasteiger partial charge in [-0.3, -0.25) is 9.59 Å². The molecular weight excluding hydrogens is 592 g/mol. The number of aromatic nitrogens is 4. The highest BCUT2D eigenvalue weighted by atomic mass is 16.5. The van der Waals surface area contributed by atoms with E-state index in [1.807, 2.05) is 85.9 Å². The summed E-state index contributed by atoms with van der Waals surface area (Å²) in [7, 11) is 2.00. The van der Waals surface area contributed by atoms with Gasteiger partial charge >= 0.3 is 0 Å². The maximum Gasteiger partial charge on any atom is 0.226 e. The van der Waals surface area contributed by atoms with Crippen molar-refractivity contribution in [3.05, 3.63) is 84.0 Å². The standard InChI is InChI=1S/C19H23N3O2.C18H21N3O2/c1-4-17(23)22(5-2)12-6-7-16-13(8-12)18-14(10-24-16)19(18)15-9-21(3)11-20-15;1-3-16(22)21(4-2)11-5-6-15-12(7-11)17-13(9-23-15)18(17)14-8-19-10-20-14/h6-9,11,14,18-19H,4-5,10H2,1-3H3;5-8,10,13,17-18H,3-4,9H2,1-2H3,(H,19,20)/t14-,18+,19-;13-,17+,18-/m00/s1. The van der Waals surface area contributed by atoms with Crippen LogP contribution in [-0.4, -0.2) is 57.6 Å². The van der Waals surface area contributed by atoms with Gasteiger partial charge in [0.2, 0.25) is 11.8 Å². The van der Waals surface area contributed by atoms with Crippen molar-refractivity contribution >= 4 is 23.2 Å². The molecule has 2 aromatic heterocycles. The molecule has 10 nitrogen and oxygen atoms in total. The van der Waals surface area contributed by atoms with Gasteiger partial charge in [-0.1, -0.05) is 13.8 Å². The quantitative estimate of drug-likeness (QED) is 0.249. The first-order valence-corrected chi connectivity index (χ1v) is 17.0. The number of H-pyrrole nitrogens is 1. The maximum atomic E-state index is 12.2. The molecule has 4 aromatic rings. The lowest BCUT2D eigenvalue weighted by Gasteiger charge is -2.23. The van der Waals surface area contributed by atoms with Gasteiger partial charge in [0.1, 0.15) is 11.5 Å². The van der Waals surface area contributed by atoms with Crippen LogP contribution >= 0.6 is 0 Å². The first-order chi connectivity index (χ1) is 22.9. The van der Waals surface area contributed by atoms with Crippen molar-refractivity contribution in [1.82, 2.24) is 19.5 Å². The minimum Gasteiger partial charge on any atom is -0.493 e. The minimum absolute atomic E-state index is 0.154. The fourth-order valence-corrected chi connectivity index (χ4v) is 7.84. The van der Waals surface area contributed by atoms with Crippen LogP contribution in [0.25, 0.3) is 0 Å². The van der Waals surface area contributed by atoms with Gasteiger partial charge in [0, 0.05) is 109 Å². The number of benzene rings is 2. The Labute approximate surface area is 276 Å². The summed E-state index contributed by atoms with van der Waals surface area (Å²) in [6.45, 7) is 10.7. The Bertz CT molecular complexity index is 1770. The first-order valence-electron chi connectivity index (χ1n) is 17.0. The molecule has 0 radical (unpaired) electrons. The molecule has 6 atom stereocenters. The molecule has 1 N–H and O–H groups in total. The number of hydrogen-bond donors (Lipinski definition) is 1. The second kappa shape index (κ2) is 12.5. The molecule has 0 bridgehead atoms. The number of carbonyl (C=O) groups is 2. The lowest BCUT2D eigenvalue weighted by molar-refractivity contribution is -0.119. The van der Waals surface area contributed by atoms with Gasteiger partial charge in [-0.2, -0.15) is 0 Å². The molecule has 2 amide bonds. The molecule has 4 heterocycles. The summed E-state index contributed by atoms with van der Waals surface area (Å²) in [5.74, 6) is 5.04. The van der Waals surface area contributed by atoms with Crippen LogP contribution in [0, 0.1) is 11.8 Å². The number of aryl methyl sites for hydroxylation is 1. The summed E-state index contributed by atoms with van der Waals surface area (Å²) in [6, 6.07) is 12.3. The highest BCUT2D eigenvalue weighted by Crippen LogP contribution is 2.65. The molecule has 2 aliphatic heterocycles. The van der Waals surface area contributed by atoms with Crippen LogP contribution in [0.1, 0.15) is 86.7 Å². The van der Waals surface area contributed by atoms with Gasteiger partial charge in [0.25, 0.3) is 0 Å². The molecule has 0 unspecified atom stereocenters. The van der Waals surface area contributed by atoms with Crippen LogP contribution < -0.4 is 19.3 Å². The number of aromatic amines is 1. The third-order valence-corrected chi connectivity index (χ3v) is 10.3. The Kier molecular flexibility index (Phi) is 8.28. The molecule has 2 aliphatic carbocycles. The monoisotopic (exact) mass is 636 g/mol. The number of hydrogen-bond acceptors (Lipinski definition) is 6. The lowest BCUT2D eigenvalue weighted by Crippen LogP contribution is -2.29. The van der Waals surface area contributed by atoms with Gasteiger partial charge in [-0.05, 0) is 50.2 Å². The van der Waals surface area contributed by atoms with E-state index in [9.17, 15) is 9.59 Å². The van der Waals surface area contributed by atoms with Crippen molar-refractivity contribution in [1.29, 1.82) is 0 Å². The topological polar surface area (TPSA) is 106 Å². The Balaban J connectivity index is 0.000000150. The third kappa shape index (κ3) is 5.57. The number of amides is 2. The Morgan fingerprint density at radius 3 is 1.85 bits per heavy atom. The van der Waals surface area contributed by atoms with Gasteiger partial charge in [0.05, 0.1) is 31.6 Å². The number of rotatable bonds is 8. The molecule has 4 aliphatic rings. The minimum atomic E-state index is 0.154. The molecule has 2 fully saturated rings. The Morgan fingerprint density at radius 1 is 0.830 bits per heavy atom. The van der Waals surface area contributed by atoms with E-state index in [1.54, 1.807) is 6.33 Å². The van der Waals surface area contributed by atoms with Crippen molar-refractivity contribution < 1.29 is 19.1 Å². The highest BCUT2D eigenvalue weighted by molar-refractivity contribution is 5.94. The van der Waals surface area contributed by atoms with E-state index in [1.165, 1.54) is 16.8 Å². The molecule has 0 saturated heterocycles. The summed E-state index contributed by atoms with van der Waals surface area (Å²) >= 11 is 0. The van der Waals surface area contributed by atoms with E-state index in [2.05, 4.69) is 33.3 Å². The van der Waals surface area contributed by atoms with Crippen LogP contribution in [0.5, 0.6) is 11.5 Å². The molecule has 8 rings (SSSR count). The zero-order chi connectivity index (χ0) is 32.8. The summed E-state index contributed by atoms with van der Waals surface area (Å²) in [5, 5.41) is 0.